The van der Waals surface area contributed by atoms with Crippen molar-refractivity contribution >= 4 is 52.5 Å². The molecule has 0 fully saturated rings. The zero-order valence-corrected chi connectivity index (χ0v) is 21.2. The maximum atomic E-state index is 13.1. The molecule has 0 heterocycles. The van der Waals surface area contributed by atoms with Gasteiger partial charge in [-0.1, -0.05) is 56.1 Å². The lowest BCUT2D eigenvalue weighted by molar-refractivity contribution is -0.172. The van der Waals surface area contributed by atoms with E-state index in [1.165, 1.54) is 29.2 Å². The predicted octanol–water partition coefficient (Wildman–Crippen LogP) is 5.55. The molecule has 0 aliphatic heterocycles. The molecule has 34 heavy (non-hydrogen) atoms. The molecule has 0 spiro atoms. The fraction of sp³-hybridized carbons (Fsp3) is 0.360. The van der Waals surface area contributed by atoms with Crippen LogP contribution >= 0.6 is 23.2 Å². The van der Waals surface area contributed by atoms with E-state index in [0.717, 1.165) is 0 Å². The van der Waals surface area contributed by atoms with E-state index < -0.39 is 41.1 Å². The number of carboxylic acids is 1. The van der Waals surface area contributed by atoms with Crippen LogP contribution < -0.4 is 4.90 Å². The Morgan fingerprint density at radius 1 is 0.941 bits per heavy atom. The van der Waals surface area contributed by atoms with Gasteiger partial charge in [-0.25, -0.2) is 9.59 Å². The monoisotopic (exact) mass is 507 g/mol. The first-order valence-corrected chi connectivity index (χ1v) is 11.2. The largest absolute Gasteiger partial charge is 0.478 e. The SMILES string of the molecule is CC(C)(C)C(C)(C)OC(=O)C(=O)CC(=O)N(Cc1ccc(Cl)c(Cl)c1)c1cccc(C(=O)O)c1. The third-order valence-corrected chi connectivity index (χ3v) is 6.46. The number of nitrogens with zero attached hydrogens (tertiary/aromatic N) is 1. The van der Waals surface area contributed by atoms with Gasteiger partial charge in [0, 0.05) is 11.1 Å². The van der Waals surface area contributed by atoms with Crippen LogP contribution in [0, 0.1) is 5.41 Å². The molecule has 0 bridgehead atoms. The number of aromatic carboxylic acids is 1. The summed E-state index contributed by atoms with van der Waals surface area (Å²) in [5.74, 6) is -3.99. The van der Waals surface area contributed by atoms with Crippen LogP contribution in [-0.2, 0) is 25.7 Å². The Kier molecular flexibility index (Phi) is 8.50. The number of carboxylic acid groups (broad SMARTS) is 1. The zero-order valence-electron chi connectivity index (χ0n) is 19.6. The van der Waals surface area contributed by atoms with Gasteiger partial charge in [0.15, 0.2) is 0 Å². The van der Waals surface area contributed by atoms with E-state index in [1.54, 1.807) is 32.0 Å². The topological polar surface area (TPSA) is 101 Å². The van der Waals surface area contributed by atoms with Gasteiger partial charge in [-0.3, -0.25) is 9.59 Å². The Bertz CT molecular complexity index is 1120. The van der Waals surface area contributed by atoms with Crippen LogP contribution in [0.25, 0.3) is 0 Å². The Morgan fingerprint density at radius 2 is 1.59 bits per heavy atom. The van der Waals surface area contributed by atoms with Crippen molar-refractivity contribution in [2.75, 3.05) is 4.90 Å². The first kappa shape index (κ1) is 27.3. The van der Waals surface area contributed by atoms with Gasteiger partial charge in [0.25, 0.3) is 0 Å². The number of carbonyl (C=O) groups is 4. The summed E-state index contributed by atoms with van der Waals surface area (Å²) in [6.45, 7) is 8.94. The van der Waals surface area contributed by atoms with Crippen molar-refractivity contribution in [2.24, 2.45) is 5.41 Å². The lowest BCUT2D eigenvalue weighted by Crippen LogP contribution is -2.43. The average molecular weight is 508 g/mol. The molecule has 2 aromatic rings. The summed E-state index contributed by atoms with van der Waals surface area (Å²) in [5, 5.41) is 9.93. The highest BCUT2D eigenvalue weighted by Crippen LogP contribution is 2.33. The van der Waals surface area contributed by atoms with Gasteiger partial charge >= 0.3 is 11.9 Å². The standard InChI is InChI=1S/C25H27Cl2NO6/c1-24(2,3)25(4,5)34-23(33)20(29)13-21(30)28(14-15-9-10-18(26)19(27)11-15)17-8-6-7-16(12-17)22(31)32/h6-12H,13-14H2,1-5H3,(H,31,32). The second-order valence-corrected chi connectivity index (χ2v) is 10.1. The summed E-state index contributed by atoms with van der Waals surface area (Å²) in [6.07, 6.45) is -0.752. The third-order valence-electron chi connectivity index (χ3n) is 5.72. The Balaban J connectivity index is 2.32. The van der Waals surface area contributed by atoms with Crippen LogP contribution in [0.3, 0.4) is 0 Å². The molecule has 9 heteroatoms. The normalized spacial score (nSPS) is 11.6. The summed E-state index contributed by atoms with van der Waals surface area (Å²) in [4.78, 5) is 50.8. The molecule has 0 saturated heterocycles. The van der Waals surface area contributed by atoms with Gasteiger partial charge in [0.2, 0.25) is 11.7 Å². The summed E-state index contributed by atoms with van der Waals surface area (Å²) in [5.41, 5.74) is -0.593. The second-order valence-electron chi connectivity index (χ2n) is 9.33. The summed E-state index contributed by atoms with van der Waals surface area (Å²) in [7, 11) is 0. The molecule has 182 valence electrons. The number of anilines is 1. The number of carbonyl (C=O) groups excluding carboxylic acids is 3. The molecule has 2 rings (SSSR count). The van der Waals surface area contributed by atoms with E-state index in [4.69, 9.17) is 27.9 Å². The molecule has 0 unspecified atom stereocenters. The van der Waals surface area contributed by atoms with E-state index >= 15 is 0 Å². The van der Waals surface area contributed by atoms with Crippen molar-refractivity contribution in [1.82, 2.24) is 0 Å². The fourth-order valence-corrected chi connectivity index (χ4v) is 3.02. The van der Waals surface area contributed by atoms with Crippen molar-refractivity contribution in [1.29, 1.82) is 0 Å². The van der Waals surface area contributed by atoms with Gasteiger partial charge < -0.3 is 14.7 Å². The smallest absolute Gasteiger partial charge is 0.375 e. The minimum atomic E-state index is -1.17. The van der Waals surface area contributed by atoms with Gasteiger partial charge in [0.05, 0.1) is 28.6 Å². The first-order valence-electron chi connectivity index (χ1n) is 10.5. The maximum Gasteiger partial charge on any atom is 0.375 e. The number of hydrogen-bond acceptors (Lipinski definition) is 5. The van der Waals surface area contributed by atoms with Crippen molar-refractivity contribution in [3.63, 3.8) is 0 Å². The highest BCUT2D eigenvalue weighted by Gasteiger charge is 2.38. The fourth-order valence-electron chi connectivity index (χ4n) is 2.70. The van der Waals surface area contributed by atoms with Gasteiger partial charge in [-0.2, -0.15) is 0 Å². The highest BCUT2D eigenvalue weighted by molar-refractivity contribution is 6.42. The second kappa shape index (κ2) is 10.6. The van der Waals surface area contributed by atoms with Gasteiger partial charge in [-0.05, 0) is 49.7 Å². The van der Waals surface area contributed by atoms with E-state index in [-0.39, 0.29) is 22.8 Å². The summed E-state index contributed by atoms with van der Waals surface area (Å²) < 4.78 is 5.38. The number of esters is 1. The molecule has 7 nitrogen and oxygen atoms in total. The van der Waals surface area contributed by atoms with E-state index in [0.29, 0.717) is 10.6 Å². The number of hydrogen-bond donors (Lipinski definition) is 1. The minimum absolute atomic E-state index is 0.0331. The number of ether oxygens (including phenoxy) is 1. The molecule has 0 radical (unpaired) electrons. The van der Waals surface area contributed by atoms with Crippen LogP contribution in [0.1, 0.15) is 57.0 Å². The van der Waals surface area contributed by atoms with Crippen LogP contribution in [0.2, 0.25) is 10.0 Å². The quantitative estimate of drug-likeness (QED) is 0.285. The molecule has 1 N–H and O–H groups in total. The summed E-state index contributed by atoms with van der Waals surface area (Å²) in [6, 6.07) is 10.5. The number of halogens is 2. The number of benzene rings is 2. The molecule has 0 atom stereocenters. The van der Waals surface area contributed by atoms with E-state index in [2.05, 4.69) is 0 Å². The maximum absolute atomic E-state index is 13.1. The predicted molar refractivity (Wildman–Crippen MR) is 130 cm³/mol. The van der Waals surface area contributed by atoms with E-state index in [9.17, 15) is 24.3 Å². The van der Waals surface area contributed by atoms with Crippen LogP contribution in [0.15, 0.2) is 42.5 Å². The summed E-state index contributed by atoms with van der Waals surface area (Å²) >= 11 is 12.1. The Hall–Kier alpha value is -2.90. The Morgan fingerprint density at radius 3 is 2.15 bits per heavy atom. The average Bonchev–Trinajstić information content (AvgIpc) is 2.73. The van der Waals surface area contributed by atoms with Crippen molar-refractivity contribution in [2.45, 2.75) is 53.2 Å². The number of Topliss-reactive ketones (excluding diaryl/α,β-unsaturated/α-hetero) is 1. The molecule has 0 aliphatic rings. The van der Waals surface area contributed by atoms with Crippen LogP contribution in [-0.4, -0.2) is 34.3 Å². The molecular weight excluding hydrogens is 481 g/mol. The number of amides is 1. The number of ketones is 1. The lowest BCUT2D eigenvalue weighted by atomic mass is 9.79. The van der Waals surface area contributed by atoms with Crippen LogP contribution in [0.4, 0.5) is 5.69 Å². The van der Waals surface area contributed by atoms with Gasteiger partial charge in [-0.15, -0.1) is 0 Å². The van der Waals surface area contributed by atoms with Crippen molar-refractivity contribution < 1.29 is 29.0 Å². The molecule has 0 aliphatic carbocycles. The van der Waals surface area contributed by atoms with Gasteiger partial charge in [0.1, 0.15) is 5.60 Å². The third kappa shape index (κ3) is 6.81. The minimum Gasteiger partial charge on any atom is -0.478 e. The molecule has 1 amide bonds. The van der Waals surface area contributed by atoms with Crippen LogP contribution in [0.5, 0.6) is 0 Å². The zero-order chi connectivity index (χ0) is 25.8. The Labute approximate surface area is 208 Å². The molecular formula is C25H27Cl2NO6. The van der Waals surface area contributed by atoms with E-state index in [1.807, 2.05) is 20.8 Å². The highest BCUT2D eigenvalue weighted by atomic mass is 35.5. The first-order chi connectivity index (χ1) is 15.6. The van der Waals surface area contributed by atoms with Crippen molar-refractivity contribution in [3.05, 3.63) is 63.6 Å². The molecule has 2 aromatic carbocycles. The van der Waals surface area contributed by atoms with Crippen molar-refractivity contribution in [3.8, 4) is 0 Å². The number of rotatable bonds is 8. The molecule has 0 aromatic heterocycles. The lowest BCUT2D eigenvalue weighted by Gasteiger charge is -2.37. The molecule has 0 saturated carbocycles.